The summed E-state index contributed by atoms with van der Waals surface area (Å²) in [5.41, 5.74) is 1.58. The maximum absolute atomic E-state index is 13.0. The van der Waals surface area contributed by atoms with Crippen LogP contribution in [0.2, 0.25) is 0 Å². The number of amides is 1. The van der Waals surface area contributed by atoms with Crippen LogP contribution >= 0.6 is 0 Å². The van der Waals surface area contributed by atoms with Crippen LogP contribution in [0, 0.1) is 6.92 Å². The maximum atomic E-state index is 13.0. The predicted octanol–water partition coefficient (Wildman–Crippen LogP) is 1.57. The second kappa shape index (κ2) is 7.53. The monoisotopic (exact) mass is 328 g/mol. The number of nitrogens with one attached hydrogen (secondary N) is 1. The number of tetrazole rings is 1. The van der Waals surface area contributed by atoms with Crippen molar-refractivity contribution in [2.24, 2.45) is 0 Å². The Kier molecular flexibility index (Phi) is 5.20. The van der Waals surface area contributed by atoms with Crippen molar-refractivity contribution in [3.63, 3.8) is 0 Å². The van der Waals surface area contributed by atoms with E-state index in [9.17, 15) is 4.79 Å². The molecule has 1 saturated heterocycles. The van der Waals surface area contributed by atoms with E-state index in [1.165, 1.54) is 0 Å². The van der Waals surface area contributed by atoms with Crippen LogP contribution in [0.1, 0.15) is 42.4 Å². The zero-order chi connectivity index (χ0) is 16.9. The third-order valence-electron chi connectivity index (χ3n) is 4.46. The molecule has 0 spiro atoms. The minimum absolute atomic E-state index is 0.115. The zero-order valence-electron chi connectivity index (χ0n) is 14.3. The Bertz CT molecular complexity index is 675. The SMILES string of the molecule is CCCN(C(=O)c1ccc(-n2nnnc2C)cc1)C1CCNCC1. The lowest BCUT2D eigenvalue weighted by Gasteiger charge is -2.34. The summed E-state index contributed by atoms with van der Waals surface area (Å²) in [7, 11) is 0. The minimum Gasteiger partial charge on any atom is -0.336 e. The molecule has 1 aromatic carbocycles. The van der Waals surface area contributed by atoms with E-state index in [4.69, 9.17) is 0 Å². The van der Waals surface area contributed by atoms with E-state index in [0.717, 1.165) is 56.0 Å². The largest absolute Gasteiger partial charge is 0.336 e. The molecule has 0 radical (unpaired) electrons. The summed E-state index contributed by atoms with van der Waals surface area (Å²) in [6, 6.07) is 7.84. The van der Waals surface area contributed by atoms with Gasteiger partial charge in [-0.05, 0) is 74.0 Å². The zero-order valence-corrected chi connectivity index (χ0v) is 14.3. The molecule has 0 bridgehead atoms. The number of hydrogen-bond donors (Lipinski definition) is 1. The van der Waals surface area contributed by atoms with Crippen LogP contribution in [-0.2, 0) is 0 Å². The average molecular weight is 328 g/mol. The average Bonchev–Trinajstić information content (AvgIpc) is 3.06. The second-order valence-electron chi connectivity index (χ2n) is 6.16. The molecule has 7 nitrogen and oxygen atoms in total. The van der Waals surface area contributed by atoms with Gasteiger partial charge in [0.1, 0.15) is 0 Å². The fourth-order valence-corrected chi connectivity index (χ4v) is 3.19. The lowest BCUT2D eigenvalue weighted by Crippen LogP contribution is -2.46. The Morgan fingerprint density at radius 1 is 1.29 bits per heavy atom. The summed E-state index contributed by atoms with van der Waals surface area (Å²) in [5, 5.41) is 14.8. The van der Waals surface area contributed by atoms with Gasteiger partial charge in [0.15, 0.2) is 5.82 Å². The molecular weight excluding hydrogens is 304 g/mol. The summed E-state index contributed by atoms with van der Waals surface area (Å²) in [4.78, 5) is 15.0. The standard InChI is InChI=1S/C17H24N6O/c1-3-12-22(15-8-10-18-11-9-15)17(24)14-4-6-16(7-5-14)23-13(2)19-20-21-23/h4-7,15,18H,3,8-12H2,1-2H3. The molecule has 3 rings (SSSR count). The molecule has 7 heteroatoms. The topological polar surface area (TPSA) is 75.9 Å². The van der Waals surface area contributed by atoms with Crippen LogP contribution in [0.3, 0.4) is 0 Å². The maximum Gasteiger partial charge on any atom is 0.254 e. The molecule has 0 unspecified atom stereocenters. The number of rotatable bonds is 5. The number of nitrogens with zero attached hydrogens (tertiary/aromatic N) is 5. The van der Waals surface area contributed by atoms with Gasteiger partial charge in [-0.1, -0.05) is 6.92 Å². The minimum atomic E-state index is 0.115. The number of hydrogen-bond acceptors (Lipinski definition) is 5. The Morgan fingerprint density at radius 2 is 2.00 bits per heavy atom. The molecular formula is C17H24N6O. The van der Waals surface area contributed by atoms with Gasteiger partial charge < -0.3 is 10.2 Å². The van der Waals surface area contributed by atoms with Crippen LogP contribution < -0.4 is 5.32 Å². The molecule has 0 saturated carbocycles. The molecule has 0 aliphatic carbocycles. The van der Waals surface area contributed by atoms with Gasteiger partial charge in [-0.15, -0.1) is 5.10 Å². The Hall–Kier alpha value is -2.28. The van der Waals surface area contributed by atoms with Crippen molar-refractivity contribution in [2.45, 2.75) is 39.2 Å². The Labute approximate surface area is 142 Å². The van der Waals surface area contributed by atoms with Gasteiger partial charge in [0.2, 0.25) is 0 Å². The molecule has 0 atom stereocenters. The van der Waals surface area contributed by atoms with Crippen LogP contribution in [0.5, 0.6) is 0 Å². The second-order valence-corrected chi connectivity index (χ2v) is 6.16. The van der Waals surface area contributed by atoms with Crippen molar-refractivity contribution in [1.29, 1.82) is 0 Å². The quantitative estimate of drug-likeness (QED) is 0.902. The van der Waals surface area contributed by atoms with Gasteiger partial charge in [-0.2, -0.15) is 4.68 Å². The Morgan fingerprint density at radius 3 is 2.58 bits per heavy atom. The highest BCUT2D eigenvalue weighted by Gasteiger charge is 2.25. The van der Waals surface area contributed by atoms with Crippen molar-refractivity contribution < 1.29 is 4.79 Å². The van der Waals surface area contributed by atoms with E-state index >= 15 is 0 Å². The Balaban J connectivity index is 1.78. The van der Waals surface area contributed by atoms with E-state index in [2.05, 4.69) is 27.8 Å². The van der Waals surface area contributed by atoms with E-state index in [1.54, 1.807) is 4.68 Å². The number of aromatic nitrogens is 4. The molecule has 1 aromatic heterocycles. The number of carbonyl (C=O) groups is 1. The lowest BCUT2D eigenvalue weighted by molar-refractivity contribution is 0.0642. The van der Waals surface area contributed by atoms with E-state index in [0.29, 0.717) is 6.04 Å². The summed E-state index contributed by atoms with van der Waals surface area (Å²) >= 11 is 0. The molecule has 128 valence electrons. The van der Waals surface area contributed by atoms with E-state index < -0.39 is 0 Å². The fraction of sp³-hybridized carbons (Fsp3) is 0.529. The molecule has 2 aromatic rings. The smallest absolute Gasteiger partial charge is 0.254 e. The first-order valence-corrected chi connectivity index (χ1v) is 8.58. The highest BCUT2D eigenvalue weighted by atomic mass is 16.2. The highest BCUT2D eigenvalue weighted by molar-refractivity contribution is 5.94. The van der Waals surface area contributed by atoms with E-state index in [1.807, 2.05) is 36.1 Å². The van der Waals surface area contributed by atoms with Gasteiger partial charge in [-0.3, -0.25) is 4.79 Å². The van der Waals surface area contributed by atoms with Gasteiger partial charge in [0, 0.05) is 18.2 Å². The molecule has 24 heavy (non-hydrogen) atoms. The normalized spacial score (nSPS) is 15.4. The van der Waals surface area contributed by atoms with Gasteiger partial charge >= 0.3 is 0 Å². The number of benzene rings is 1. The molecule has 1 N–H and O–H groups in total. The molecule has 2 heterocycles. The van der Waals surface area contributed by atoms with Gasteiger partial charge in [0.05, 0.1) is 5.69 Å². The first-order valence-electron chi connectivity index (χ1n) is 8.58. The predicted molar refractivity (Wildman–Crippen MR) is 91.1 cm³/mol. The van der Waals surface area contributed by atoms with Crippen LogP contribution in [0.4, 0.5) is 0 Å². The molecule has 1 aliphatic rings. The fourth-order valence-electron chi connectivity index (χ4n) is 3.19. The van der Waals surface area contributed by atoms with Crippen molar-refractivity contribution in [2.75, 3.05) is 19.6 Å². The first-order chi connectivity index (χ1) is 11.7. The van der Waals surface area contributed by atoms with Crippen molar-refractivity contribution in [1.82, 2.24) is 30.4 Å². The number of piperidine rings is 1. The van der Waals surface area contributed by atoms with Crippen LogP contribution in [-0.4, -0.2) is 56.7 Å². The molecule has 1 amide bonds. The third-order valence-corrected chi connectivity index (χ3v) is 4.46. The summed E-state index contributed by atoms with van der Waals surface area (Å²) in [5.74, 6) is 0.833. The molecule has 1 fully saturated rings. The van der Waals surface area contributed by atoms with Gasteiger partial charge in [0.25, 0.3) is 5.91 Å². The third kappa shape index (κ3) is 3.46. The molecule has 1 aliphatic heterocycles. The van der Waals surface area contributed by atoms with Crippen LogP contribution in [0.15, 0.2) is 24.3 Å². The summed E-state index contributed by atoms with van der Waals surface area (Å²) in [6.45, 7) is 6.73. The van der Waals surface area contributed by atoms with Crippen molar-refractivity contribution >= 4 is 5.91 Å². The first kappa shape index (κ1) is 16.6. The lowest BCUT2D eigenvalue weighted by atomic mass is 10.0. The summed E-state index contributed by atoms with van der Waals surface area (Å²) in [6.07, 6.45) is 3.01. The number of carbonyl (C=O) groups excluding carboxylic acids is 1. The van der Waals surface area contributed by atoms with Gasteiger partial charge in [-0.25, -0.2) is 0 Å². The highest BCUT2D eigenvalue weighted by Crippen LogP contribution is 2.17. The number of aryl methyl sites for hydroxylation is 1. The van der Waals surface area contributed by atoms with Crippen LogP contribution in [0.25, 0.3) is 5.69 Å². The van der Waals surface area contributed by atoms with Crippen molar-refractivity contribution in [3.8, 4) is 5.69 Å². The summed E-state index contributed by atoms with van der Waals surface area (Å²) < 4.78 is 1.66. The van der Waals surface area contributed by atoms with Crippen molar-refractivity contribution in [3.05, 3.63) is 35.7 Å². The van der Waals surface area contributed by atoms with E-state index in [-0.39, 0.29) is 5.91 Å².